The highest BCUT2D eigenvalue weighted by Gasteiger charge is 2.42. The third-order valence-corrected chi connectivity index (χ3v) is 6.56. The predicted octanol–water partition coefficient (Wildman–Crippen LogP) is 4.26. The minimum atomic E-state index is -0.733. The highest BCUT2D eigenvalue weighted by molar-refractivity contribution is 7.17. The summed E-state index contributed by atoms with van der Waals surface area (Å²) in [5, 5.41) is 21.2. The summed E-state index contributed by atoms with van der Waals surface area (Å²) in [5.41, 5.74) is 2.02. The van der Waals surface area contributed by atoms with Crippen LogP contribution < -0.4 is 14.8 Å². The van der Waals surface area contributed by atoms with E-state index in [1.165, 1.54) is 25.4 Å². The summed E-state index contributed by atoms with van der Waals surface area (Å²) >= 11 is 1.04. The van der Waals surface area contributed by atoms with Crippen molar-refractivity contribution in [1.29, 1.82) is 0 Å². The fourth-order valence-corrected chi connectivity index (χ4v) is 4.28. The van der Waals surface area contributed by atoms with Gasteiger partial charge in [0.05, 0.1) is 29.5 Å². The van der Waals surface area contributed by atoms with E-state index in [1.807, 2.05) is 6.07 Å². The highest BCUT2D eigenvalue weighted by atomic mass is 32.1. The van der Waals surface area contributed by atoms with Gasteiger partial charge < -0.3 is 14.6 Å². The molecular formula is C25H22FN5O4S. The van der Waals surface area contributed by atoms with Gasteiger partial charge in [0, 0.05) is 29.2 Å². The Morgan fingerprint density at radius 2 is 2.03 bits per heavy atom. The summed E-state index contributed by atoms with van der Waals surface area (Å²) in [6, 6.07) is 9.72. The molecule has 1 saturated carbocycles. The number of aromatic nitrogens is 4. The number of halogens is 1. The van der Waals surface area contributed by atoms with Crippen LogP contribution in [0.15, 0.2) is 48.8 Å². The van der Waals surface area contributed by atoms with Gasteiger partial charge >= 0.3 is 0 Å². The van der Waals surface area contributed by atoms with Crippen LogP contribution in [0.5, 0.6) is 10.9 Å². The summed E-state index contributed by atoms with van der Waals surface area (Å²) in [6.07, 6.45) is 4.53. The Bertz CT molecular complexity index is 1420. The maximum absolute atomic E-state index is 14.7. The van der Waals surface area contributed by atoms with Crippen molar-refractivity contribution in [1.82, 2.24) is 20.2 Å². The monoisotopic (exact) mass is 507 g/mol. The Balaban J connectivity index is 1.29. The number of anilines is 1. The number of ether oxygens (including phenoxy) is 2. The van der Waals surface area contributed by atoms with Crippen LogP contribution in [-0.4, -0.2) is 38.3 Å². The van der Waals surface area contributed by atoms with Crippen LogP contribution in [0.1, 0.15) is 40.2 Å². The second kappa shape index (κ2) is 9.59. The lowest BCUT2D eigenvalue weighted by Gasteiger charge is -2.14. The molecule has 1 aromatic carbocycles. The first-order valence-corrected chi connectivity index (χ1v) is 11.9. The smallest absolute Gasteiger partial charge is 0.296 e. The van der Waals surface area contributed by atoms with Crippen LogP contribution in [-0.2, 0) is 12.2 Å². The first-order valence-electron chi connectivity index (χ1n) is 11.1. The van der Waals surface area contributed by atoms with Gasteiger partial charge in [-0.15, -0.1) is 5.10 Å². The molecule has 184 valence electrons. The van der Waals surface area contributed by atoms with Crippen LogP contribution in [0.4, 0.5) is 9.52 Å². The third-order valence-electron chi connectivity index (χ3n) is 5.81. The first kappa shape index (κ1) is 23.8. The molecule has 1 aliphatic carbocycles. The molecule has 0 atom stereocenters. The molecule has 0 spiro atoms. The quantitative estimate of drug-likeness (QED) is 0.363. The van der Waals surface area contributed by atoms with Crippen molar-refractivity contribution in [2.75, 3.05) is 12.4 Å². The van der Waals surface area contributed by atoms with Crippen LogP contribution in [0.25, 0.3) is 11.1 Å². The number of aliphatic hydroxyl groups is 1. The van der Waals surface area contributed by atoms with Crippen molar-refractivity contribution in [3.05, 3.63) is 77.1 Å². The number of carbonyl (C=O) groups is 1. The third kappa shape index (κ3) is 4.88. The van der Waals surface area contributed by atoms with Gasteiger partial charge in [-0.2, -0.15) is 0 Å². The molecule has 0 radical (unpaired) electrons. The molecule has 5 rings (SSSR count). The number of rotatable bonds is 8. The van der Waals surface area contributed by atoms with Gasteiger partial charge in [0.25, 0.3) is 11.1 Å². The number of carbonyl (C=O) groups excluding carboxylic acids is 1. The standard InChI is InChI=1S/C25H22FN5O4S/c1-14-10-17(21-19(26)4-3-5-20(21)34-2)18(12-27-14)22(32)29-23-30-31-24(36-23)35-13-16-7-6-15(11-28-16)25(33)8-9-25/h3-7,10-12,33H,8-9,13H2,1-2H3,(H,29,30,32). The maximum Gasteiger partial charge on any atom is 0.296 e. The fraction of sp³-hybridized carbons (Fsp3) is 0.240. The molecule has 36 heavy (non-hydrogen) atoms. The number of nitrogens with zero attached hydrogens (tertiary/aromatic N) is 4. The Kier molecular flexibility index (Phi) is 6.33. The van der Waals surface area contributed by atoms with E-state index >= 15 is 0 Å². The number of hydrogen-bond donors (Lipinski definition) is 2. The van der Waals surface area contributed by atoms with Gasteiger partial charge in [0.1, 0.15) is 18.2 Å². The lowest BCUT2D eigenvalue weighted by atomic mass is 9.98. The van der Waals surface area contributed by atoms with Gasteiger partial charge in [-0.25, -0.2) is 4.39 Å². The average molecular weight is 508 g/mol. The van der Waals surface area contributed by atoms with Gasteiger partial charge in [0.2, 0.25) is 5.13 Å². The lowest BCUT2D eigenvalue weighted by molar-refractivity contribution is 0.102. The van der Waals surface area contributed by atoms with E-state index in [0.29, 0.717) is 22.7 Å². The van der Waals surface area contributed by atoms with E-state index < -0.39 is 17.3 Å². The Hall–Kier alpha value is -3.96. The summed E-state index contributed by atoms with van der Waals surface area (Å²) in [6.45, 7) is 1.91. The number of methoxy groups -OCH3 is 1. The van der Waals surface area contributed by atoms with E-state index in [-0.39, 0.29) is 28.1 Å². The van der Waals surface area contributed by atoms with E-state index in [4.69, 9.17) is 9.47 Å². The van der Waals surface area contributed by atoms with Crippen LogP contribution >= 0.6 is 11.3 Å². The van der Waals surface area contributed by atoms with Crippen molar-refractivity contribution in [2.45, 2.75) is 32.0 Å². The van der Waals surface area contributed by atoms with Crippen LogP contribution in [0, 0.1) is 12.7 Å². The summed E-state index contributed by atoms with van der Waals surface area (Å²) in [5.74, 6) is -0.747. The van der Waals surface area contributed by atoms with Gasteiger partial charge in [-0.1, -0.05) is 17.2 Å². The zero-order valence-electron chi connectivity index (χ0n) is 19.5. The normalized spacial score (nSPS) is 13.8. The number of nitrogens with one attached hydrogen (secondary N) is 1. The number of hydrogen-bond acceptors (Lipinski definition) is 9. The molecule has 3 heterocycles. The van der Waals surface area contributed by atoms with E-state index in [9.17, 15) is 14.3 Å². The Morgan fingerprint density at radius 3 is 2.75 bits per heavy atom. The minimum absolute atomic E-state index is 0.153. The van der Waals surface area contributed by atoms with Gasteiger partial charge in [-0.05, 0) is 55.4 Å². The van der Waals surface area contributed by atoms with Gasteiger partial charge in [0.15, 0.2) is 0 Å². The molecule has 3 aromatic heterocycles. The van der Waals surface area contributed by atoms with Crippen molar-refractivity contribution in [3.8, 4) is 22.1 Å². The molecular weight excluding hydrogens is 485 g/mol. The topological polar surface area (TPSA) is 119 Å². The maximum atomic E-state index is 14.7. The molecule has 2 N–H and O–H groups in total. The minimum Gasteiger partial charge on any atom is -0.496 e. The first-order chi connectivity index (χ1) is 17.4. The van der Waals surface area contributed by atoms with Gasteiger partial charge in [-0.3, -0.25) is 20.1 Å². The largest absolute Gasteiger partial charge is 0.496 e. The number of amides is 1. The molecule has 11 heteroatoms. The summed E-state index contributed by atoms with van der Waals surface area (Å²) in [7, 11) is 1.44. The SMILES string of the molecule is COc1cccc(F)c1-c1cc(C)ncc1C(=O)Nc1nnc(OCc2ccc(C3(O)CC3)cn2)s1. The highest BCUT2D eigenvalue weighted by Crippen LogP contribution is 2.44. The van der Waals surface area contributed by atoms with E-state index in [2.05, 4.69) is 25.5 Å². The Morgan fingerprint density at radius 1 is 1.19 bits per heavy atom. The van der Waals surface area contributed by atoms with Crippen molar-refractivity contribution in [2.24, 2.45) is 0 Å². The molecule has 0 saturated heterocycles. The molecule has 0 aliphatic heterocycles. The zero-order chi connectivity index (χ0) is 25.3. The molecule has 9 nitrogen and oxygen atoms in total. The van der Waals surface area contributed by atoms with Crippen molar-refractivity contribution < 1.29 is 23.8 Å². The summed E-state index contributed by atoms with van der Waals surface area (Å²) in [4.78, 5) is 21.6. The molecule has 1 aliphatic rings. The zero-order valence-corrected chi connectivity index (χ0v) is 20.3. The number of benzene rings is 1. The molecule has 1 fully saturated rings. The van der Waals surface area contributed by atoms with Crippen LogP contribution in [0.2, 0.25) is 0 Å². The predicted molar refractivity (Wildman–Crippen MR) is 130 cm³/mol. The average Bonchev–Trinajstić information content (AvgIpc) is 3.47. The fourth-order valence-electron chi connectivity index (χ4n) is 3.69. The lowest BCUT2D eigenvalue weighted by Crippen LogP contribution is -2.14. The van der Waals surface area contributed by atoms with Crippen molar-refractivity contribution >= 4 is 22.4 Å². The van der Waals surface area contributed by atoms with Crippen LogP contribution in [0.3, 0.4) is 0 Å². The Labute approximate surface area is 210 Å². The second-order valence-corrected chi connectivity index (χ2v) is 9.31. The molecule has 0 unspecified atom stereocenters. The second-order valence-electron chi connectivity index (χ2n) is 8.37. The molecule has 1 amide bonds. The van der Waals surface area contributed by atoms with E-state index in [0.717, 1.165) is 29.7 Å². The number of pyridine rings is 2. The van der Waals surface area contributed by atoms with Crippen molar-refractivity contribution in [3.63, 3.8) is 0 Å². The molecule has 0 bridgehead atoms. The van der Waals surface area contributed by atoms with E-state index in [1.54, 1.807) is 31.3 Å². The molecule has 4 aromatic rings. The summed E-state index contributed by atoms with van der Waals surface area (Å²) < 4.78 is 25.7. The number of aryl methyl sites for hydroxylation is 1.